The van der Waals surface area contributed by atoms with Gasteiger partial charge in [0.2, 0.25) is 10.0 Å². The third-order valence-corrected chi connectivity index (χ3v) is 5.56. The third-order valence-electron chi connectivity index (χ3n) is 4.16. The highest BCUT2D eigenvalue weighted by atomic mass is 32.2. The van der Waals surface area contributed by atoms with E-state index in [1.54, 1.807) is 42.5 Å². The van der Waals surface area contributed by atoms with Gasteiger partial charge < -0.3 is 10.1 Å². The molecule has 1 amide bonds. The number of benzene rings is 3. The minimum atomic E-state index is -3.90. The number of amides is 1. The SMILES string of the molecule is C[C@@H](OC(=O)CNS(=O)(=O)c1ccc2ccccc2c1)C(=O)Nc1ccccc1. The predicted octanol–water partition coefficient (Wildman–Crippen LogP) is 2.69. The Morgan fingerprint density at radius 3 is 2.31 bits per heavy atom. The number of ether oxygens (including phenoxy) is 1. The van der Waals surface area contributed by atoms with Gasteiger partial charge in [0.05, 0.1) is 4.90 Å². The second-order valence-corrected chi connectivity index (χ2v) is 8.09. The molecule has 1 atom stereocenters. The molecule has 3 aromatic carbocycles. The predicted molar refractivity (Wildman–Crippen MR) is 110 cm³/mol. The number of esters is 1. The van der Waals surface area contributed by atoms with Crippen LogP contribution >= 0.6 is 0 Å². The molecule has 0 saturated carbocycles. The van der Waals surface area contributed by atoms with Crippen LogP contribution in [-0.4, -0.2) is 32.9 Å². The van der Waals surface area contributed by atoms with Crippen LogP contribution < -0.4 is 10.0 Å². The lowest BCUT2D eigenvalue weighted by molar-refractivity contribution is -0.151. The number of hydrogen-bond acceptors (Lipinski definition) is 5. The van der Waals surface area contributed by atoms with Gasteiger partial charge in [-0.3, -0.25) is 9.59 Å². The van der Waals surface area contributed by atoms with Gasteiger partial charge in [-0.25, -0.2) is 8.42 Å². The van der Waals surface area contributed by atoms with Crippen molar-refractivity contribution in [3.05, 3.63) is 72.8 Å². The lowest BCUT2D eigenvalue weighted by atomic mass is 10.1. The number of hydrogen-bond donors (Lipinski definition) is 2. The highest BCUT2D eigenvalue weighted by molar-refractivity contribution is 7.89. The summed E-state index contributed by atoms with van der Waals surface area (Å²) in [4.78, 5) is 24.1. The van der Waals surface area contributed by atoms with E-state index in [0.717, 1.165) is 10.8 Å². The standard InChI is InChI=1S/C21H20N2O5S/c1-15(21(25)23-18-9-3-2-4-10-18)28-20(24)14-22-29(26,27)19-12-11-16-7-5-6-8-17(16)13-19/h2-13,15,22H,14H2,1H3,(H,23,25)/t15-/m1/s1. The number of para-hydroxylation sites is 1. The second kappa shape index (κ2) is 8.85. The van der Waals surface area contributed by atoms with Gasteiger partial charge >= 0.3 is 5.97 Å². The Bertz CT molecular complexity index is 1130. The van der Waals surface area contributed by atoms with Crippen LogP contribution in [0.25, 0.3) is 10.8 Å². The topological polar surface area (TPSA) is 102 Å². The average molecular weight is 412 g/mol. The van der Waals surface area contributed by atoms with Crippen molar-refractivity contribution >= 4 is 38.4 Å². The first-order valence-corrected chi connectivity index (χ1v) is 10.4. The molecule has 0 saturated heterocycles. The lowest BCUT2D eigenvalue weighted by Gasteiger charge is -2.14. The van der Waals surface area contributed by atoms with Crippen LogP contribution in [-0.2, 0) is 24.3 Å². The summed E-state index contributed by atoms with van der Waals surface area (Å²) in [5, 5.41) is 4.28. The number of anilines is 1. The van der Waals surface area contributed by atoms with Gasteiger partial charge in [0, 0.05) is 5.69 Å². The van der Waals surface area contributed by atoms with Crippen molar-refractivity contribution in [2.24, 2.45) is 0 Å². The minimum absolute atomic E-state index is 0.0406. The molecule has 0 heterocycles. The smallest absolute Gasteiger partial charge is 0.321 e. The Hall–Kier alpha value is -3.23. The van der Waals surface area contributed by atoms with Crippen LogP contribution in [0.3, 0.4) is 0 Å². The summed E-state index contributed by atoms with van der Waals surface area (Å²) in [5.74, 6) is -1.37. The van der Waals surface area contributed by atoms with Crippen LogP contribution in [0.4, 0.5) is 5.69 Å². The molecule has 29 heavy (non-hydrogen) atoms. The largest absolute Gasteiger partial charge is 0.452 e. The maximum Gasteiger partial charge on any atom is 0.321 e. The highest BCUT2D eigenvalue weighted by Gasteiger charge is 2.21. The first kappa shape index (κ1) is 20.5. The molecule has 2 N–H and O–H groups in total. The van der Waals surface area contributed by atoms with E-state index in [0.29, 0.717) is 5.69 Å². The first-order chi connectivity index (χ1) is 13.8. The quantitative estimate of drug-likeness (QED) is 0.581. The van der Waals surface area contributed by atoms with Gasteiger partial charge in [-0.15, -0.1) is 0 Å². The normalized spacial score (nSPS) is 12.3. The molecule has 0 bridgehead atoms. The summed E-state index contributed by atoms with van der Waals surface area (Å²) in [5.41, 5.74) is 0.567. The van der Waals surface area contributed by atoms with E-state index < -0.39 is 34.5 Å². The maximum absolute atomic E-state index is 12.4. The Morgan fingerprint density at radius 2 is 1.59 bits per heavy atom. The van der Waals surface area contributed by atoms with Crippen LogP contribution in [0.2, 0.25) is 0 Å². The average Bonchev–Trinajstić information content (AvgIpc) is 2.72. The second-order valence-electron chi connectivity index (χ2n) is 6.32. The fourth-order valence-corrected chi connectivity index (χ4v) is 3.63. The summed E-state index contributed by atoms with van der Waals surface area (Å²) >= 11 is 0. The Labute approximate surface area is 168 Å². The molecule has 7 nitrogen and oxygen atoms in total. The number of rotatable bonds is 7. The Balaban J connectivity index is 1.56. The summed E-state index contributed by atoms with van der Waals surface area (Å²) < 4.78 is 32.1. The molecule has 0 radical (unpaired) electrons. The van der Waals surface area contributed by atoms with Gasteiger partial charge in [0.1, 0.15) is 6.54 Å². The van der Waals surface area contributed by atoms with Crippen LogP contribution in [0.5, 0.6) is 0 Å². The van der Waals surface area contributed by atoms with Crippen molar-refractivity contribution in [3.8, 4) is 0 Å². The van der Waals surface area contributed by atoms with E-state index in [-0.39, 0.29) is 4.90 Å². The molecule has 0 aliphatic heterocycles. The van der Waals surface area contributed by atoms with Crippen LogP contribution in [0.15, 0.2) is 77.7 Å². The van der Waals surface area contributed by atoms with Crippen LogP contribution in [0, 0.1) is 0 Å². The zero-order valence-electron chi connectivity index (χ0n) is 15.7. The van der Waals surface area contributed by atoms with E-state index in [1.165, 1.54) is 19.1 Å². The van der Waals surface area contributed by atoms with E-state index in [4.69, 9.17) is 4.74 Å². The van der Waals surface area contributed by atoms with Gasteiger partial charge in [-0.2, -0.15) is 4.72 Å². The van der Waals surface area contributed by atoms with Crippen LogP contribution in [0.1, 0.15) is 6.92 Å². The van der Waals surface area contributed by atoms with E-state index in [2.05, 4.69) is 10.0 Å². The van der Waals surface area contributed by atoms with Gasteiger partial charge in [-0.1, -0.05) is 48.5 Å². The fraction of sp³-hybridized carbons (Fsp3) is 0.143. The third kappa shape index (κ3) is 5.40. The molecule has 0 aliphatic rings. The van der Waals surface area contributed by atoms with Crippen molar-refractivity contribution in [1.82, 2.24) is 4.72 Å². The lowest BCUT2D eigenvalue weighted by Crippen LogP contribution is -2.35. The monoisotopic (exact) mass is 412 g/mol. The molecule has 3 aromatic rings. The zero-order chi connectivity index (χ0) is 20.9. The maximum atomic E-state index is 12.4. The van der Waals surface area contributed by atoms with Gasteiger partial charge in [0.25, 0.3) is 5.91 Å². The molecule has 0 unspecified atom stereocenters. The molecular formula is C21H20N2O5S. The van der Waals surface area contributed by atoms with Crippen molar-refractivity contribution < 1.29 is 22.7 Å². The summed E-state index contributed by atoms with van der Waals surface area (Å²) in [6.07, 6.45) is -1.08. The molecule has 0 aromatic heterocycles. The molecule has 0 aliphatic carbocycles. The zero-order valence-corrected chi connectivity index (χ0v) is 16.5. The van der Waals surface area contributed by atoms with Crippen molar-refractivity contribution in [1.29, 1.82) is 0 Å². The number of carbonyl (C=O) groups excluding carboxylic acids is 2. The van der Waals surface area contributed by atoms with Crippen molar-refractivity contribution in [3.63, 3.8) is 0 Å². The number of nitrogens with one attached hydrogen (secondary N) is 2. The fourth-order valence-electron chi connectivity index (χ4n) is 2.63. The van der Waals surface area contributed by atoms with E-state index in [1.807, 2.05) is 18.2 Å². The van der Waals surface area contributed by atoms with Crippen molar-refractivity contribution in [2.75, 3.05) is 11.9 Å². The molecule has 0 spiro atoms. The molecule has 3 rings (SSSR count). The number of sulfonamides is 1. The number of fused-ring (bicyclic) bond motifs is 1. The van der Waals surface area contributed by atoms with Gasteiger partial charge in [0.15, 0.2) is 6.10 Å². The minimum Gasteiger partial charge on any atom is -0.452 e. The van der Waals surface area contributed by atoms with E-state index in [9.17, 15) is 18.0 Å². The van der Waals surface area contributed by atoms with E-state index >= 15 is 0 Å². The molecular weight excluding hydrogens is 392 g/mol. The van der Waals surface area contributed by atoms with Gasteiger partial charge in [-0.05, 0) is 42.0 Å². The Kier molecular flexibility index (Phi) is 6.26. The summed E-state index contributed by atoms with van der Waals surface area (Å²) in [6.45, 7) is 0.826. The molecule has 150 valence electrons. The summed E-state index contributed by atoms with van der Waals surface area (Å²) in [6, 6.07) is 20.7. The first-order valence-electron chi connectivity index (χ1n) is 8.89. The molecule has 8 heteroatoms. The number of carbonyl (C=O) groups is 2. The Morgan fingerprint density at radius 1 is 0.931 bits per heavy atom. The highest BCUT2D eigenvalue weighted by Crippen LogP contribution is 2.18. The molecule has 0 fully saturated rings. The van der Waals surface area contributed by atoms with Crippen molar-refractivity contribution in [2.45, 2.75) is 17.9 Å². The summed E-state index contributed by atoms with van der Waals surface area (Å²) in [7, 11) is -3.90.